The van der Waals surface area contributed by atoms with Gasteiger partial charge in [0.25, 0.3) is 0 Å². The number of hydrogen-bond acceptors (Lipinski definition) is 3. The third kappa shape index (κ3) is 3.24. The van der Waals surface area contributed by atoms with Gasteiger partial charge in [0, 0.05) is 11.6 Å². The third-order valence-corrected chi connectivity index (χ3v) is 3.89. The Kier molecular flexibility index (Phi) is 4.22. The van der Waals surface area contributed by atoms with Crippen molar-refractivity contribution in [3.05, 3.63) is 51.2 Å². The summed E-state index contributed by atoms with van der Waals surface area (Å²) in [6, 6.07) is 8.22. The second-order valence-electron chi connectivity index (χ2n) is 4.58. The van der Waals surface area contributed by atoms with Gasteiger partial charge in [-0.1, -0.05) is 11.6 Å². The van der Waals surface area contributed by atoms with Gasteiger partial charge in [0.15, 0.2) is 11.5 Å². The van der Waals surface area contributed by atoms with E-state index in [0.717, 1.165) is 10.0 Å². The summed E-state index contributed by atoms with van der Waals surface area (Å²) < 4.78 is 25.6. The molecule has 0 saturated carbocycles. The molecule has 2 aromatic carbocycles. The van der Waals surface area contributed by atoms with Crippen LogP contribution in [0.2, 0.25) is 5.02 Å². The summed E-state index contributed by atoms with van der Waals surface area (Å²) in [4.78, 5) is 0. The number of hydrogen-bond donors (Lipinski definition) is 1. The first-order valence-electron chi connectivity index (χ1n) is 6.40. The maximum Gasteiger partial charge on any atom is 0.175 e. The number of anilines is 1. The van der Waals surface area contributed by atoms with Gasteiger partial charge in [-0.05, 0) is 51.8 Å². The molecule has 1 N–H and O–H groups in total. The second-order valence-corrected chi connectivity index (χ2v) is 5.87. The van der Waals surface area contributed by atoms with E-state index in [2.05, 4.69) is 21.2 Å². The lowest BCUT2D eigenvalue weighted by Gasteiger charge is -2.20. The van der Waals surface area contributed by atoms with E-state index in [-0.39, 0.29) is 5.82 Å². The van der Waals surface area contributed by atoms with Gasteiger partial charge in [0.1, 0.15) is 19.0 Å². The Bertz CT molecular complexity index is 681. The summed E-state index contributed by atoms with van der Waals surface area (Å²) in [5.74, 6) is 1.06. The van der Waals surface area contributed by atoms with E-state index >= 15 is 0 Å². The van der Waals surface area contributed by atoms with Crippen LogP contribution in [0.25, 0.3) is 0 Å². The van der Waals surface area contributed by atoms with Crippen molar-refractivity contribution in [3.63, 3.8) is 0 Å². The molecule has 0 fully saturated rings. The van der Waals surface area contributed by atoms with Crippen LogP contribution in [0.1, 0.15) is 5.56 Å². The van der Waals surface area contributed by atoms with Crippen LogP contribution in [0, 0.1) is 5.82 Å². The lowest BCUT2D eigenvalue weighted by atomic mass is 10.2. The molecule has 3 rings (SSSR count). The fraction of sp³-hybridized carbons (Fsp3) is 0.200. The van der Waals surface area contributed by atoms with Crippen LogP contribution in [0.15, 0.2) is 34.8 Å². The van der Waals surface area contributed by atoms with Gasteiger partial charge in [0.05, 0.1) is 10.2 Å². The SMILES string of the molecule is Fc1ccc(Cl)cc1NCc1cc(Br)c2c(c1)OCCO2. The molecule has 0 aliphatic carbocycles. The summed E-state index contributed by atoms with van der Waals surface area (Å²) in [7, 11) is 0. The molecular weight excluding hydrogens is 361 g/mol. The summed E-state index contributed by atoms with van der Waals surface area (Å²) in [5.41, 5.74) is 1.32. The Labute approximate surface area is 135 Å². The van der Waals surface area contributed by atoms with Crippen molar-refractivity contribution in [3.8, 4) is 11.5 Å². The maximum atomic E-state index is 13.6. The van der Waals surface area contributed by atoms with Gasteiger partial charge < -0.3 is 14.8 Å². The smallest absolute Gasteiger partial charge is 0.175 e. The van der Waals surface area contributed by atoms with Crippen LogP contribution in [0.3, 0.4) is 0 Å². The molecule has 1 heterocycles. The zero-order valence-electron chi connectivity index (χ0n) is 11.0. The number of rotatable bonds is 3. The molecule has 0 saturated heterocycles. The topological polar surface area (TPSA) is 30.5 Å². The van der Waals surface area contributed by atoms with Crippen LogP contribution in [-0.2, 0) is 6.54 Å². The Morgan fingerprint density at radius 1 is 1.19 bits per heavy atom. The molecule has 21 heavy (non-hydrogen) atoms. The molecule has 0 unspecified atom stereocenters. The predicted molar refractivity (Wildman–Crippen MR) is 83.9 cm³/mol. The summed E-state index contributed by atoms with van der Waals surface area (Å²) >= 11 is 9.33. The van der Waals surface area contributed by atoms with E-state index in [1.54, 1.807) is 6.07 Å². The van der Waals surface area contributed by atoms with Crippen molar-refractivity contribution in [2.45, 2.75) is 6.54 Å². The second kappa shape index (κ2) is 6.12. The molecular formula is C15H12BrClFNO2. The van der Waals surface area contributed by atoms with Crippen LogP contribution < -0.4 is 14.8 Å². The first kappa shape index (κ1) is 14.5. The summed E-state index contributed by atoms with van der Waals surface area (Å²) in [6.45, 7) is 1.52. The minimum atomic E-state index is -0.337. The number of fused-ring (bicyclic) bond motifs is 1. The predicted octanol–water partition coefficient (Wildman–Crippen LogP) is 4.62. The zero-order valence-corrected chi connectivity index (χ0v) is 13.3. The zero-order chi connectivity index (χ0) is 14.8. The van der Waals surface area contributed by atoms with Gasteiger partial charge in [-0.3, -0.25) is 0 Å². The van der Waals surface area contributed by atoms with E-state index in [0.29, 0.717) is 42.0 Å². The molecule has 2 aromatic rings. The van der Waals surface area contributed by atoms with Gasteiger partial charge in [-0.25, -0.2) is 4.39 Å². The van der Waals surface area contributed by atoms with E-state index in [4.69, 9.17) is 21.1 Å². The maximum absolute atomic E-state index is 13.6. The highest BCUT2D eigenvalue weighted by Gasteiger charge is 2.16. The first-order chi connectivity index (χ1) is 10.1. The van der Waals surface area contributed by atoms with Crippen LogP contribution >= 0.6 is 27.5 Å². The van der Waals surface area contributed by atoms with Crippen molar-refractivity contribution < 1.29 is 13.9 Å². The Balaban J connectivity index is 1.79. The van der Waals surface area contributed by atoms with Crippen LogP contribution in [0.4, 0.5) is 10.1 Å². The normalized spacial score (nSPS) is 13.1. The van der Waals surface area contributed by atoms with Gasteiger partial charge >= 0.3 is 0 Å². The van der Waals surface area contributed by atoms with Gasteiger partial charge in [-0.2, -0.15) is 0 Å². The number of nitrogens with one attached hydrogen (secondary N) is 1. The van der Waals surface area contributed by atoms with Gasteiger partial charge in [-0.15, -0.1) is 0 Å². The fourth-order valence-corrected chi connectivity index (χ4v) is 2.87. The van der Waals surface area contributed by atoms with E-state index in [1.807, 2.05) is 12.1 Å². The van der Waals surface area contributed by atoms with E-state index < -0.39 is 0 Å². The minimum Gasteiger partial charge on any atom is -0.486 e. The van der Waals surface area contributed by atoms with Crippen molar-refractivity contribution in [1.82, 2.24) is 0 Å². The fourth-order valence-electron chi connectivity index (χ4n) is 2.10. The van der Waals surface area contributed by atoms with E-state index in [1.165, 1.54) is 12.1 Å². The first-order valence-corrected chi connectivity index (χ1v) is 7.57. The van der Waals surface area contributed by atoms with Crippen molar-refractivity contribution in [2.75, 3.05) is 18.5 Å². The Morgan fingerprint density at radius 2 is 2.00 bits per heavy atom. The van der Waals surface area contributed by atoms with E-state index in [9.17, 15) is 4.39 Å². The molecule has 0 radical (unpaired) electrons. The molecule has 0 atom stereocenters. The third-order valence-electron chi connectivity index (χ3n) is 3.07. The Morgan fingerprint density at radius 3 is 2.86 bits per heavy atom. The highest BCUT2D eigenvalue weighted by molar-refractivity contribution is 9.10. The molecule has 1 aliphatic heterocycles. The quantitative estimate of drug-likeness (QED) is 0.852. The lowest BCUT2D eigenvalue weighted by Crippen LogP contribution is -2.16. The molecule has 0 bridgehead atoms. The molecule has 110 valence electrons. The molecule has 1 aliphatic rings. The number of ether oxygens (including phenoxy) is 2. The summed E-state index contributed by atoms with van der Waals surface area (Å²) in [5, 5.41) is 3.52. The highest BCUT2D eigenvalue weighted by atomic mass is 79.9. The summed E-state index contributed by atoms with van der Waals surface area (Å²) in [6.07, 6.45) is 0. The molecule has 6 heteroatoms. The van der Waals surface area contributed by atoms with Crippen molar-refractivity contribution in [1.29, 1.82) is 0 Å². The van der Waals surface area contributed by atoms with Crippen molar-refractivity contribution >= 4 is 33.2 Å². The molecule has 0 amide bonds. The largest absolute Gasteiger partial charge is 0.486 e. The lowest BCUT2D eigenvalue weighted by molar-refractivity contribution is 0.170. The average molecular weight is 373 g/mol. The minimum absolute atomic E-state index is 0.337. The Hall–Kier alpha value is -1.46. The molecule has 3 nitrogen and oxygen atoms in total. The van der Waals surface area contributed by atoms with Crippen molar-refractivity contribution in [2.24, 2.45) is 0 Å². The molecule has 0 aromatic heterocycles. The average Bonchev–Trinajstić information content (AvgIpc) is 2.48. The molecule has 0 spiro atoms. The van der Waals surface area contributed by atoms with Crippen LogP contribution in [-0.4, -0.2) is 13.2 Å². The number of benzene rings is 2. The van der Waals surface area contributed by atoms with Crippen LogP contribution in [0.5, 0.6) is 11.5 Å². The number of halogens is 3. The highest BCUT2D eigenvalue weighted by Crippen LogP contribution is 2.38. The van der Waals surface area contributed by atoms with Gasteiger partial charge in [0.2, 0.25) is 0 Å². The monoisotopic (exact) mass is 371 g/mol. The standard InChI is InChI=1S/C15H12BrClFNO2/c16-11-5-9(6-14-15(11)21-4-3-20-14)8-19-13-7-10(17)1-2-12(13)18/h1-2,5-7,19H,3-4,8H2.